The summed E-state index contributed by atoms with van der Waals surface area (Å²) in [5, 5.41) is 3.39. The van der Waals surface area contributed by atoms with E-state index in [9.17, 15) is 0 Å². The molecule has 1 heterocycles. The predicted molar refractivity (Wildman–Crippen MR) is 87.4 cm³/mol. The quantitative estimate of drug-likeness (QED) is 0.786. The lowest BCUT2D eigenvalue weighted by Crippen LogP contribution is -2.32. The highest BCUT2D eigenvalue weighted by atomic mass is 15.2. The molecule has 0 aliphatic rings. The van der Waals surface area contributed by atoms with Gasteiger partial charge in [-0.2, -0.15) is 0 Å². The molecule has 0 fully saturated rings. The van der Waals surface area contributed by atoms with Crippen LogP contribution < -0.4 is 10.2 Å². The SMILES string of the molecule is CCCNc1ncnc(N(CC(C)C)CC(C)C)c1C. The second-order valence-corrected chi connectivity index (χ2v) is 6.29. The fourth-order valence-electron chi connectivity index (χ4n) is 2.31. The summed E-state index contributed by atoms with van der Waals surface area (Å²) in [6, 6.07) is 0. The maximum absolute atomic E-state index is 4.53. The maximum atomic E-state index is 4.53. The van der Waals surface area contributed by atoms with Crippen LogP contribution in [0.4, 0.5) is 11.6 Å². The molecule has 1 rings (SSSR count). The normalized spacial score (nSPS) is 11.2. The lowest BCUT2D eigenvalue weighted by molar-refractivity contribution is 0.547. The van der Waals surface area contributed by atoms with E-state index in [1.54, 1.807) is 6.33 Å². The summed E-state index contributed by atoms with van der Waals surface area (Å²) < 4.78 is 0. The second-order valence-electron chi connectivity index (χ2n) is 6.29. The first-order valence-corrected chi connectivity index (χ1v) is 7.76. The van der Waals surface area contributed by atoms with Crippen LogP contribution in [0.3, 0.4) is 0 Å². The van der Waals surface area contributed by atoms with E-state index in [-0.39, 0.29) is 0 Å². The molecule has 1 N–H and O–H groups in total. The fraction of sp³-hybridized carbons (Fsp3) is 0.750. The van der Waals surface area contributed by atoms with Crippen LogP contribution in [0.5, 0.6) is 0 Å². The largest absolute Gasteiger partial charge is 0.370 e. The second kappa shape index (κ2) is 8.08. The molecular weight excluding hydrogens is 248 g/mol. The van der Waals surface area contributed by atoms with E-state index in [2.05, 4.69) is 61.7 Å². The molecule has 4 heteroatoms. The van der Waals surface area contributed by atoms with Gasteiger partial charge >= 0.3 is 0 Å². The van der Waals surface area contributed by atoms with E-state index in [0.29, 0.717) is 11.8 Å². The van der Waals surface area contributed by atoms with Gasteiger partial charge in [0.1, 0.15) is 18.0 Å². The third-order valence-corrected chi connectivity index (χ3v) is 3.07. The van der Waals surface area contributed by atoms with Crippen molar-refractivity contribution in [2.45, 2.75) is 48.0 Å². The number of aromatic nitrogens is 2. The molecule has 0 aliphatic heterocycles. The van der Waals surface area contributed by atoms with Crippen molar-refractivity contribution >= 4 is 11.6 Å². The van der Waals surface area contributed by atoms with Gasteiger partial charge in [0.15, 0.2) is 0 Å². The summed E-state index contributed by atoms with van der Waals surface area (Å²) in [7, 11) is 0. The molecule has 0 unspecified atom stereocenters. The van der Waals surface area contributed by atoms with Gasteiger partial charge in [-0.3, -0.25) is 0 Å². The molecule has 1 aromatic rings. The van der Waals surface area contributed by atoms with Crippen molar-refractivity contribution in [3.8, 4) is 0 Å². The summed E-state index contributed by atoms with van der Waals surface area (Å²) in [4.78, 5) is 11.3. The van der Waals surface area contributed by atoms with Gasteiger partial charge in [0.05, 0.1) is 0 Å². The van der Waals surface area contributed by atoms with E-state index >= 15 is 0 Å². The van der Waals surface area contributed by atoms with Crippen molar-refractivity contribution in [1.82, 2.24) is 9.97 Å². The van der Waals surface area contributed by atoms with Crippen LogP contribution in [0.15, 0.2) is 6.33 Å². The van der Waals surface area contributed by atoms with Gasteiger partial charge in [-0.1, -0.05) is 34.6 Å². The summed E-state index contributed by atoms with van der Waals surface area (Å²) in [6.45, 7) is 16.3. The molecule has 1 aromatic heterocycles. The first kappa shape index (κ1) is 16.7. The zero-order valence-corrected chi connectivity index (χ0v) is 13.9. The molecule has 0 bridgehead atoms. The smallest absolute Gasteiger partial charge is 0.137 e. The number of anilines is 2. The van der Waals surface area contributed by atoms with Crippen molar-refractivity contribution in [3.63, 3.8) is 0 Å². The van der Waals surface area contributed by atoms with Gasteiger partial charge in [0, 0.05) is 25.2 Å². The average Bonchev–Trinajstić information content (AvgIpc) is 2.35. The fourth-order valence-corrected chi connectivity index (χ4v) is 2.31. The first-order valence-electron chi connectivity index (χ1n) is 7.76. The minimum absolute atomic E-state index is 0.621. The molecule has 0 atom stereocenters. The zero-order chi connectivity index (χ0) is 15.1. The number of hydrogen-bond acceptors (Lipinski definition) is 4. The highest BCUT2D eigenvalue weighted by molar-refractivity contribution is 5.57. The lowest BCUT2D eigenvalue weighted by Gasteiger charge is -2.29. The molecule has 0 spiro atoms. The summed E-state index contributed by atoms with van der Waals surface area (Å²) in [6.07, 6.45) is 2.77. The highest BCUT2D eigenvalue weighted by Crippen LogP contribution is 2.23. The van der Waals surface area contributed by atoms with Crippen LogP contribution in [0.1, 0.15) is 46.6 Å². The molecular formula is C16H30N4. The minimum Gasteiger partial charge on any atom is -0.370 e. The van der Waals surface area contributed by atoms with Gasteiger partial charge in [-0.15, -0.1) is 0 Å². The van der Waals surface area contributed by atoms with E-state index < -0.39 is 0 Å². The zero-order valence-electron chi connectivity index (χ0n) is 13.9. The van der Waals surface area contributed by atoms with E-state index in [4.69, 9.17) is 0 Å². The average molecular weight is 278 g/mol. The van der Waals surface area contributed by atoms with Gasteiger partial charge < -0.3 is 10.2 Å². The molecule has 0 saturated carbocycles. The van der Waals surface area contributed by atoms with Crippen molar-refractivity contribution in [3.05, 3.63) is 11.9 Å². The Labute approximate surface area is 124 Å². The molecule has 4 nitrogen and oxygen atoms in total. The Morgan fingerprint density at radius 3 is 2.20 bits per heavy atom. The van der Waals surface area contributed by atoms with Crippen molar-refractivity contribution in [2.75, 3.05) is 29.9 Å². The number of nitrogens with one attached hydrogen (secondary N) is 1. The van der Waals surface area contributed by atoms with E-state index in [0.717, 1.165) is 43.3 Å². The maximum Gasteiger partial charge on any atom is 0.137 e. The standard InChI is InChI=1S/C16H30N4/c1-7-8-17-15-14(6)16(19-11-18-15)20(9-12(2)3)10-13(4)5/h11-13H,7-10H2,1-6H3,(H,17,18,19). The Bertz CT molecular complexity index is 391. The topological polar surface area (TPSA) is 41.1 Å². The Balaban J connectivity index is 2.99. The van der Waals surface area contributed by atoms with Crippen LogP contribution in [-0.4, -0.2) is 29.6 Å². The van der Waals surface area contributed by atoms with Crippen LogP contribution in [0.2, 0.25) is 0 Å². The molecule has 0 aliphatic carbocycles. The third-order valence-electron chi connectivity index (χ3n) is 3.07. The number of hydrogen-bond donors (Lipinski definition) is 1. The number of nitrogens with zero attached hydrogens (tertiary/aromatic N) is 3. The number of rotatable bonds is 8. The molecule has 0 radical (unpaired) electrons. The Kier molecular flexibility index (Phi) is 6.76. The van der Waals surface area contributed by atoms with Crippen LogP contribution in [-0.2, 0) is 0 Å². The Hall–Kier alpha value is -1.32. The molecule has 114 valence electrons. The Morgan fingerprint density at radius 2 is 1.70 bits per heavy atom. The molecule has 0 saturated heterocycles. The van der Waals surface area contributed by atoms with E-state index in [1.165, 1.54) is 0 Å². The first-order chi connectivity index (χ1) is 9.45. The lowest BCUT2D eigenvalue weighted by atomic mass is 10.1. The summed E-state index contributed by atoms with van der Waals surface area (Å²) >= 11 is 0. The third kappa shape index (κ3) is 4.99. The monoisotopic (exact) mass is 278 g/mol. The van der Waals surface area contributed by atoms with Crippen LogP contribution in [0, 0.1) is 18.8 Å². The van der Waals surface area contributed by atoms with Gasteiger partial charge in [0.25, 0.3) is 0 Å². The van der Waals surface area contributed by atoms with Crippen LogP contribution >= 0.6 is 0 Å². The Morgan fingerprint density at radius 1 is 1.10 bits per heavy atom. The van der Waals surface area contributed by atoms with Gasteiger partial charge in [-0.05, 0) is 25.2 Å². The molecule has 0 aromatic carbocycles. The van der Waals surface area contributed by atoms with Crippen molar-refractivity contribution < 1.29 is 0 Å². The highest BCUT2D eigenvalue weighted by Gasteiger charge is 2.16. The predicted octanol–water partition coefficient (Wildman–Crippen LogP) is 3.73. The summed E-state index contributed by atoms with van der Waals surface area (Å²) in [5.74, 6) is 3.28. The van der Waals surface area contributed by atoms with Crippen LogP contribution in [0.25, 0.3) is 0 Å². The summed E-state index contributed by atoms with van der Waals surface area (Å²) in [5.41, 5.74) is 1.15. The minimum atomic E-state index is 0.621. The molecule has 0 amide bonds. The van der Waals surface area contributed by atoms with E-state index in [1.807, 2.05) is 0 Å². The molecule has 20 heavy (non-hydrogen) atoms. The van der Waals surface area contributed by atoms with Crippen molar-refractivity contribution in [2.24, 2.45) is 11.8 Å². The van der Waals surface area contributed by atoms with Gasteiger partial charge in [0.2, 0.25) is 0 Å². The van der Waals surface area contributed by atoms with Crippen molar-refractivity contribution in [1.29, 1.82) is 0 Å². The van der Waals surface area contributed by atoms with Gasteiger partial charge in [-0.25, -0.2) is 9.97 Å².